The number of amides is 1. The van der Waals surface area contributed by atoms with Gasteiger partial charge >= 0.3 is 0 Å². The Morgan fingerprint density at radius 3 is 2.59 bits per heavy atom. The lowest BCUT2D eigenvalue weighted by Gasteiger charge is -2.12. The molecule has 0 bridgehead atoms. The van der Waals surface area contributed by atoms with Crippen molar-refractivity contribution in [1.82, 2.24) is 5.32 Å². The maximum Gasteiger partial charge on any atom is 0.255 e. The molecule has 0 saturated carbocycles. The number of carbonyl (C=O) groups excluding carboxylic acids is 1. The molecule has 1 atom stereocenters. The highest BCUT2D eigenvalue weighted by Gasteiger charge is 2.21. The van der Waals surface area contributed by atoms with E-state index in [1.807, 2.05) is 0 Å². The summed E-state index contributed by atoms with van der Waals surface area (Å²) in [7, 11) is -3.57. The number of hydrogen-bond donors (Lipinski definition) is 3. The quantitative estimate of drug-likeness (QED) is 0.728. The van der Waals surface area contributed by atoms with Crippen LogP contribution in [0.25, 0.3) is 0 Å². The summed E-state index contributed by atoms with van der Waals surface area (Å²) >= 11 is 1.08. The number of hydrogen-bond acceptors (Lipinski definition) is 6. The van der Waals surface area contributed by atoms with E-state index in [0.29, 0.717) is 0 Å². The van der Waals surface area contributed by atoms with Crippen LogP contribution in [0.1, 0.15) is 10.4 Å². The lowest BCUT2D eigenvalue weighted by atomic mass is 10.2. The minimum atomic E-state index is -3.57. The van der Waals surface area contributed by atoms with Crippen molar-refractivity contribution in [2.75, 3.05) is 12.3 Å². The number of phenols is 1. The van der Waals surface area contributed by atoms with Gasteiger partial charge in [-0.25, -0.2) is 8.42 Å². The molecule has 8 heteroatoms. The molecule has 0 aliphatic rings. The molecule has 0 fully saturated rings. The zero-order chi connectivity index (χ0) is 16.2. The highest BCUT2D eigenvalue weighted by molar-refractivity contribution is 7.93. The molecule has 2 rings (SSSR count). The molecule has 1 amide bonds. The first-order valence-electron chi connectivity index (χ1n) is 6.40. The lowest BCUT2D eigenvalue weighted by molar-refractivity contribution is 0.0922. The van der Waals surface area contributed by atoms with Crippen LogP contribution in [-0.4, -0.2) is 42.9 Å². The van der Waals surface area contributed by atoms with Crippen LogP contribution in [0.5, 0.6) is 5.75 Å². The summed E-state index contributed by atoms with van der Waals surface area (Å²) in [6.45, 7) is -0.224. The number of sulfone groups is 1. The number of aliphatic hydroxyl groups is 1. The summed E-state index contributed by atoms with van der Waals surface area (Å²) in [5.41, 5.74) is 0.0656. The Bertz CT molecular complexity index is 740. The van der Waals surface area contributed by atoms with Crippen LogP contribution in [0, 0.1) is 0 Å². The van der Waals surface area contributed by atoms with Crippen molar-refractivity contribution >= 4 is 27.1 Å². The maximum absolute atomic E-state index is 12.0. The Morgan fingerprint density at radius 1 is 1.23 bits per heavy atom. The standard InChI is InChI=1S/C14H15NO5S2/c16-10(9-22(19,20)13-6-3-7-21-13)8-15-14(18)11-4-1-2-5-12(11)17/h1-7,10,16-17H,8-9H2,(H,15,18). The van der Waals surface area contributed by atoms with Gasteiger partial charge in [-0.2, -0.15) is 0 Å². The smallest absolute Gasteiger partial charge is 0.255 e. The Hall–Kier alpha value is -1.90. The van der Waals surface area contributed by atoms with Gasteiger partial charge in [-0.05, 0) is 23.6 Å². The predicted octanol–water partition coefficient (Wildman–Crippen LogP) is 1.02. The molecular formula is C14H15NO5S2. The van der Waals surface area contributed by atoms with E-state index in [-0.39, 0.29) is 22.1 Å². The van der Waals surface area contributed by atoms with E-state index < -0.39 is 27.6 Å². The van der Waals surface area contributed by atoms with Crippen LogP contribution in [0.15, 0.2) is 46.0 Å². The second-order valence-electron chi connectivity index (χ2n) is 4.59. The van der Waals surface area contributed by atoms with Crippen molar-refractivity contribution in [3.8, 4) is 5.75 Å². The number of thiophene rings is 1. The fraction of sp³-hybridized carbons (Fsp3) is 0.214. The van der Waals surface area contributed by atoms with E-state index in [1.165, 1.54) is 18.2 Å². The van der Waals surface area contributed by atoms with Gasteiger partial charge < -0.3 is 15.5 Å². The number of nitrogens with one attached hydrogen (secondary N) is 1. The van der Waals surface area contributed by atoms with Gasteiger partial charge in [0.15, 0.2) is 9.84 Å². The van der Waals surface area contributed by atoms with Gasteiger partial charge in [0.05, 0.1) is 17.4 Å². The van der Waals surface area contributed by atoms with E-state index >= 15 is 0 Å². The SMILES string of the molecule is O=C(NCC(O)CS(=O)(=O)c1cccs1)c1ccccc1O. The van der Waals surface area contributed by atoms with E-state index in [4.69, 9.17) is 0 Å². The molecule has 0 saturated heterocycles. The summed E-state index contributed by atoms with van der Waals surface area (Å²) < 4.78 is 24.1. The average molecular weight is 341 g/mol. The molecule has 6 nitrogen and oxygen atoms in total. The molecule has 0 spiro atoms. The van der Waals surface area contributed by atoms with Crippen molar-refractivity contribution in [2.24, 2.45) is 0 Å². The highest BCUT2D eigenvalue weighted by atomic mass is 32.2. The summed E-state index contributed by atoms with van der Waals surface area (Å²) in [5.74, 6) is -1.24. The van der Waals surface area contributed by atoms with Gasteiger partial charge in [0.1, 0.15) is 9.96 Å². The van der Waals surface area contributed by atoms with Crippen molar-refractivity contribution in [1.29, 1.82) is 0 Å². The van der Waals surface area contributed by atoms with Crippen LogP contribution >= 0.6 is 11.3 Å². The molecule has 2 aromatic rings. The molecule has 1 heterocycles. The Kier molecular flexibility index (Phi) is 5.17. The number of aliphatic hydroxyl groups excluding tert-OH is 1. The maximum atomic E-state index is 12.0. The van der Waals surface area contributed by atoms with Crippen LogP contribution < -0.4 is 5.32 Å². The fourth-order valence-corrected chi connectivity index (χ4v) is 4.29. The first kappa shape index (κ1) is 16.5. The first-order valence-corrected chi connectivity index (χ1v) is 8.94. The van der Waals surface area contributed by atoms with E-state index in [1.54, 1.807) is 23.6 Å². The highest BCUT2D eigenvalue weighted by Crippen LogP contribution is 2.18. The Morgan fingerprint density at radius 2 is 1.95 bits per heavy atom. The first-order chi connectivity index (χ1) is 10.4. The lowest BCUT2D eigenvalue weighted by Crippen LogP contribution is -2.35. The van der Waals surface area contributed by atoms with Crippen LogP contribution in [-0.2, 0) is 9.84 Å². The number of benzene rings is 1. The normalized spacial score (nSPS) is 12.8. The molecular weight excluding hydrogens is 326 g/mol. The van der Waals surface area contributed by atoms with Crippen molar-refractivity contribution in [3.63, 3.8) is 0 Å². The number of para-hydroxylation sites is 1. The van der Waals surface area contributed by atoms with Gasteiger partial charge in [-0.15, -0.1) is 11.3 Å². The van der Waals surface area contributed by atoms with Crippen molar-refractivity contribution in [3.05, 3.63) is 47.3 Å². The Balaban J connectivity index is 1.92. The molecule has 0 aliphatic carbocycles. The Labute approximate surface area is 132 Å². The summed E-state index contributed by atoms with van der Waals surface area (Å²) in [4.78, 5) is 11.8. The topological polar surface area (TPSA) is 104 Å². The zero-order valence-corrected chi connectivity index (χ0v) is 13.1. The van der Waals surface area contributed by atoms with E-state index in [0.717, 1.165) is 11.3 Å². The molecule has 1 aromatic carbocycles. The minimum Gasteiger partial charge on any atom is -0.507 e. The summed E-state index contributed by atoms with van der Waals surface area (Å²) in [6.07, 6.45) is -1.23. The summed E-state index contributed by atoms with van der Waals surface area (Å²) in [6, 6.07) is 9.05. The van der Waals surface area contributed by atoms with Crippen LogP contribution in [0.4, 0.5) is 0 Å². The predicted molar refractivity (Wildman–Crippen MR) is 82.8 cm³/mol. The second kappa shape index (κ2) is 6.91. The molecule has 1 unspecified atom stereocenters. The average Bonchev–Trinajstić information content (AvgIpc) is 3.00. The van der Waals surface area contributed by atoms with E-state index in [9.17, 15) is 23.4 Å². The van der Waals surface area contributed by atoms with Gasteiger partial charge in [-0.3, -0.25) is 4.79 Å². The van der Waals surface area contributed by atoms with Gasteiger partial charge in [0, 0.05) is 6.54 Å². The third-order valence-electron chi connectivity index (χ3n) is 2.86. The molecule has 0 aliphatic heterocycles. The largest absolute Gasteiger partial charge is 0.507 e. The van der Waals surface area contributed by atoms with Gasteiger partial charge in [0.25, 0.3) is 5.91 Å². The molecule has 118 valence electrons. The third-order valence-corrected chi connectivity index (χ3v) is 6.15. The van der Waals surface area contributed by atoms with Crippen LogP contribution in [0.2, 0.25) is 0 Å². The fourth-order valence-electron chi connectivity index (χ4n) is 1.81. The zero-order valence-electron chi connectivity index (χ0n) is 11.5. The molecule has 0 radical (unpaired) electrons. The van der Waals surface area contributed by atoms with Gasteiger partial charge in [0.2, 0.25) is 0 Å². The van der Waals surface area contributed by atoms with Crippen LogP contribution in [0.3, 0.4) is 0 Å². The molecule has 22 heavy (non-hydrogen) atoms. The van der Waals surface area contributed by atoms with E-state index in [2.05, 4.69) is 5.32 Å². The molecule has 3 N–H and O–H groups in total. The number of carbonyl (C=O) groups is 1. The monoisotopic (exact) mass is 341 g/mol. The number of rotatable bonds is 6. The molecule has 1 aromatic heterocycles. The third kappa shape index (κ3) is 4.06. The number of phenolic OH excluding ortho intramolecular Hbond substituents is 1. The minimum absolute atomic E-state index is 0.0656. The van der Waals surface area contributed by atoms with Gasteiger partial charge in [-0.1, -0.05) is 18.2 Å². The second-order valence-corrected chi connectivity index (χ2v) is 7.80. The number of aromatic hydroxyl groups is 1. The van der Waals surface area contributed by atoms with Crippen molar-refractivity contribution in [2.45, 2.75) is 10.3 Å². The van der Waals surface area contributed by atoms with Crippen molar-refractivity contribution < 1.29 is 23.4 Å². The summed E-state index contributed by atoms with van der Waals surface area (Å²) in [5, 5.41) is 23.4.